The van der Waals surface area contributed by atoms with Gasteiger partial charge in [-0.15, -0.1) is 0 Å². The highest BCUT2D eigenvalue weighted by Crippen LogP contribution is 2.37. The number of fused-ring (bicyclic) bond motifs is 1. The molecule has 1 aliphatic heterocycles. The van der Waals surface area contributed by atoms with E-state index in [1.165, 1.54) is 19.3 Å². The third kappa shape index (κ3) is 2.22. The third-order valence-electron chi connectivity index (χ3n) is 4.14. The van der Waals surface area contributed by atoms with Gasteiger partial charge in [0.25, 0.3) is 0 Å². The van der Waals surface area contributed by atoms with Crippen LogP contribution in [0.5, 0.6) is 0 Å². The second-order valence-electron chi connectivity index (χ2n) is 5.46. The van der Waals surface area contributed by atoms with Crippen molar-refractivity contribution in [1.82, 2.24) is 0 Å². The molecule has 3 rings (SSSR count). The molecule has 3 heteroatoms. The van der Waals surface area contributed by atoms with Crippen molar-refractivity contribution in [3.8, 4) is 0 Å². The number of carboxylic acid groups (broad SMARTS) is 1. The molecule has 0 radical (unpaired) electrons. The molecule has 1 aliphatic carbocycles. The van der Waals surface area contributed by atoms with Crippen molar-refractivity contribution >= 4 is 11.7 Å². The van der Waals surface area contributed by atoms with E-state index in [0.29, 0.717) is 0 Å². The van der Waals surface area contributed by atoms with E-state index in [4.69, 9.17) is 0 Å². The Morgan fingerprint density at radius 3 is 2.78 bits per heavy atom. The first-order valence-electron chi connectivity index (χ1n) is 6.82. The summed E-state index contributed by atoms with van der Waals surface area (Å²) >= 11 is 0. The van der Waals surface area contributed by atoms with Crippen molar-refractivity contribution in [3.63, 3.8) is 0 Å². The molecule has 1 saturated carbocycles. The number of nitrogens with zero attached hydrogens (tertiary/aromatic N) is 1. The first-order valence-corrected chi connectivity index (χ1v) is 6.82. The molecule has 0 spiro atoms. The van der Waals surface area contributed by atoms with Crippen LogP contribution in [0, 0.1) is 5.92 Å². The van der Waals surface area contributed by atoms with Crippen molar-refractivity contribution in [2.75, 3.05) is 18.0 Å². The Bertz CT molecular complexity index is 454. The SMILES string of the molecule is O=C(O)C1CCN(CCC2CC2)c2ccccc21. The molecule has 2 aliphatic rings. The molecular weight excluding hydrogens is 226 g/mol. The third-order valence-corrected chi connectivity index (χ3v) is 4.14. The predicted octanol–water partition coefficient (Wildman–Crippen LogP) is 2.87. The van der Waals surface area contributed by atoms with Crippen molar-refractivity contribution < 1.29 is 9.90 Å². The lowest BCUT2D eigenvalue weighted by atomic mass is 9.90. The van der Waals surface area contributed by atoms with Crippen molar-refractivity contribution in [2.24, 2.45) is 5.92 Å². The number of aliphatic carboxylic acids is 1. The molecule has 1 atom stereocenters. The molecule has 18 heavy (non-hydrogen) atoms. The summed E-state index contributed by atoms with van der Waals surface area (Å²) in [6.07, 6.45) is 4.75. The molecule has 0 bridgehead atoms. The van der Waals surface area contributed by atoms with Crippen molar-refractivity contribution in [2.45, 2.75) is 31.6 Å². The van der Waals surface area contributed by atoms with Gasteiger partial charge in [-0.3, -0.25) is 4.79 Å². The van der Waals surface area contributed by atoms with Crippen LogP contribution in [0.15, 0.2) is 24.3 Å². The molecule has 1 aromatic carbocycles. The summed E-state index contributed by atoms with van der Waals surface area (Å²) in [5.41, 5.74) is 2.13. The van der Waals surface area contributed by atoms with Gasteiger partial charge in [-0.1, -0.05) is 31.0 Å². The van der Waals surface area contributed by atoms with Crippen LogP contribution in [0.4, 0.5) is 5.69 Å². The van der Waals surface area contributed by atoms with Gasteiger partial charge in [-0.25, -0.2) is 0 Å². The summed E-state index contributed by atoms with van der Waals surface area (Å²) in [5, 5.41) is 9.28. The standard InChI is InChI=1S/C15H19NO2/c17-15(18)13-8-10-16(9-7-11-5-6-11)14-4-2-1-3-12(13)14/h1-4,11,13H,5-10H2,(H,17,18). The van der Waals surface area contributed by atoms with Crippen LogP contribution in [0.2, 0.25) is 0 Å². The molecule has 1 heterocycles. The average molecular weight is 245 g/mol. The smallest absolute Gasteiger partial charge is 0.311 e. The van der Waals surface area contributed by atoms with Crippen LogP contribution in [0.1, 0.15) is 37.2 Å². The van der Waals surface area contributed by atoms with E-state index in [-0.39, 0.29) is 5.92 Å². The van der Waals surface area contributed by atoms with Crippen LogP contribution in [-0.4, -0.2) is 24.2 Å². The second kappa shape index (κ2) is 4.63. The van der Waals surface area contributed by atoms with Crippen LogP contribution in [0.3, 0.4) is 0 Å². The molecule has 0 amide bonds. The average Bonchev–Trinajstić information content (AvgIpc) is 3.19. The minimum absolute atomic E-state index is 0.321. The number of rotatable bonds is 4. The molecular formula is C15H19NO2. The summed E-state index contributed by atoms with van der Waals surface area (Å²) in [6, 6.07) is 7.99. The highest BCUT2D eigenvalue weighted by molar-refractivity contribution is 5.80. The number of benzene rings is 1. The maximum absolute atomic E-state index is 11.3. The van der Waals surface area contributed by atoms with Gasteiger partial charge in [0.1, 0.15) is 0 Å². The van der Waals surface area contributed by atoms with Gasteiger partial charge in [0.2, 0.25) is 0 Å². The van der Waals surface area contributed by atoms with Gasteiger partial charge >= 0.3 is 5.97 Å². The quantitative estimate of drug-likeness (QED) is 0.886. The lowest BCUT2D eigenvalue weighted by Crippen LogP contribution is -2.34. The predicted molar refractivity (Wildman–Crippen MR) is 71.0 cm³/mol. The Morgan fingerprint density at radius 1 is 1.28 bits per heavy atom. The molecule has 1 aromatic rings. The number of hydrogen-bond donors (Lipinski definition) is 1. The van der Waals surface area contributed by atoms with E-state index in [1.54, 1.807) is 0 Å². The van der Waals surface area contributed by atoms with Crippen LogP contribution >= 0.6 is 0 Å². The highest BCUT2D eigenvalue weighted by Gasteiger charge is 2.30. The summed E-state index contributed by atoms with van der Waals surface area (Å²) in [7, 11) is 0. The zero-order valence-electron chi connectivity index (χ0n) is 10.5. The van der Waals surface area contributed by atoms with E-state index in [9.17, 15) is 9.90 Å². The maximum Gasteiger partial charge on any atom is 0.311 e. The van der Waals surface area contributed by atoms with Gasteiger partial charge < -0.3 is 10.0 Å². The Balaban J connectivity index is 1.81. The highest BCUT2D eigenvalue weighted by atomic mass is 16.4. The Kier molecular flexibility index (Phi) is 2.98. The largest absolute Gasteiger partial charge is 0.481 e. The second-order valence-corrected chi connectivity index (χ2v) is 5.46. The number of carbonyl (C=O) groups is 1. The van der Waals surface area contributed by atoms with Crippen molar-refractivity contribution in [3.05, 3.63) is 29.8 Å². The Labute approximate surface area is 107 Å². The summed E-state index contributed by atoms with van der Waals surface area (Å²) in [5.74, 6) is -0.0861. The summed E-state index contributed by atoms with van der Waals surface area (Å²) < 4.78 is 0. The topological polar surface area (TPSA) is 40.5 Å². The van der Waals surface area contributed by atoms with Gasteiger partial charge in [-0.2, -0.15) is 0 Å². The van der Waals surface area contributed by atoms with Gasteiger partial charge in [-0.05, 0) is 30.4 Å². The number of hydrogen-bond acceptors (Lipinski definition) is 2. The fourth-order valence-corrected chi connectivity index (χ4v) is 2.86. The fraction of sp³-hybridized carbons (Fsp3) is 0.533. The molecule has 96 valence electrons. The summed E-state index contributed by atoms with van der Waals surface area (Å²) in [4.78, 5) is 13.6. The maximum atomic E-state index is 11.3. The fourth-order valence-electron chi connectivity index (χ4n) is 2.86. The molecule has 1 N–H and O–H groups in total. The van der Waals surface area contributed by atoms with Crippen LogP contribution < -0.4 is 4.90 Å². The first kappa shape index (κ1) is 11.6. The normalized spacial score (nSPS) is 22.7. The minimum atomic E-state index is -0.690. The molecule has 0 saturated heterocycles. The van der Waals surface area contributed by atoms with Crippen molar-refractivity contribution in [1.29, 1.82) is 0 Å². The van der Waals surface area contributed by atoms with E-state index >= 15 is 0 Å². The van der Waals surface area contributed by atoms with Gasteiger partial charge in [0.05, 0.1) is 5.92 Å². The van der Waals surface area contributed by atoms with Crippen LogP contribution in [-0.2, 0) is 4.79 Å². The van der Waals surface area contributed by atoms with Gasteiger partial charge in [0, 0.05) is 18.8 Å². The Hall–Kier alpha value is -1.51. The molecule has 3 nitrogen and oxygen atoms in total. The number of carboxylic acids is 1. The van der Waals surface area contributed by atoms with Crippen LogP contribution in [0.25, 0.3) is 0 Å². The van der Waals surface area contributed by atoms with E-state index in [0.717, 1.165) is 36.7 Å². The molecule has 0 aromatic heterocycles. The summed E-state index contributed by atoms with van der Waals surface area (Å²) in [6.45, 7) is 1.95. The number of anilines is 1. The van der Waals surface area contributed by atoms with E-state index in [2.05, 4.69) is 11.0 Å². The molecule has 1 unspecified atom stereocenters. The molecule has 1 fully saturated rings. The van der Waals surface area contributed by atoms with E-state index < -0.39 is 5.97 Å². The zero-order chi connectivity index (χ0) is 12.5. The van der Waals surface area contributed by atoms with E-state index in [1.807, 2.05) is 18.2 Å². The number of para-hydroxylation sites is 1. The zero-order valence-corrected chi connectivity index (χ0v) is 10.5. The van der Waals surface area contributed by atoms with Gasteiger partial charge in [0.15, 0.2) is 0 Å². The lowest BCUT2D eigenvalue weighted by molar-refractivity contribution is -0.139. The monoisotopic (exact) mass is 245 g/mol. The minimum Gasteiger partial charge on any atom is -0.481 e. The first-order chi connectivity index (χ1) is 8.75. The lowest BCUT2D eigenvalue weighted by Gasteiger charge is -2.34. The Morgan fingerprint density at radius 2 is 2.06 bits per heavy atom.